The molecule has 0 atom stereocenters. The molecule has 11 rings (SSSR count). The van der Waals surface area contributed by atoms with Gasteiger partial charge in [0.15, 0.2) is 17.3 Å². The van der Waals surface area contributed by atoms with Crippen LogP contribution in [0.1, 0.15) is 0 Å². The number of aromatic nitrogens is 6. The van der Waals surface area contributed by atoms with Crippen molar-refractivity contribution in [1.82, 2.24) is 28.9 Å². The van der Waals surface area contributed by atoms with E-state index in [1.165, 1.54) is 5.39 Å². The number of rotatable bonds is 5. The summed E-state index contributed by atoms with van der Waals surface area (Å²) in [7, 11) is 0. The van der Waals surface area contributed by atoms with Crippen molar-refractivity contribution < 1.29 is 0 Å². The lowest BCUT2D eigenvalue weighted by Gasteiger charge is -2.14. The smallest absolute Gasteiger partial charge is 0.240 e. The van der Waals surface area contributed by atoms with E-state index in [0.29, 0.717) is 17.6 Å². The fourth-order valence-corrected chi connectivity index (χ4v) is 7.86. The van der Waals surface area contributed by atoms with E-state index in [1.807, 2.05) is 30.3 Å². The molecule has 0 saturated carbocycles. The van der Waals surface area contributed by atoms with Gasteiger partial charge in [0.25, 0.3) is 0 Å². The van der Waals surface area contributed by atoms with Crippen LogP contribution < -0.4 is 0 Å². The molecule has 11 aromatic rings. The molecule has 0 aliphatic rings. The Morgan fingerprint density at radius 3 is 1.46 bits per heavy atom. The lowest BCUT2D eigenvalue weighted by Crippen LogP contribution is -2.08. The largest absolute Gasteiger partial charge is 0.277 e. The number of hydrogen-bond acceptors (Lipinski definition) is 4. The third kappa shape index (κ3) is 4.74. The summed E-state index contributed by atoms with van der Waals surface area (Å²) in [6.45, 7) is 0. The van der Waals surface area contributed by atoms with Crippen molar-refractivity contribution in [2.75, 3.05) is 0 Å². The number of nitrogens with zero attached hydrogens (tertiary/aromatic N) is 6. The predicted molar refractivity (Wildman–Crippen MR) is 220 cm³/mol. The topological polar surface area (TPSA) is 60.9 Å². The zero-order valence-electron chi connectivity index (χ0n) is 29.0. The number of pyridine rings is 1. The number of fused-ring (bicyclic) bond motifs is 10. The highest BCUT2D eigenvalue weighted by Crippen LogP contribution is 2.38. The molecule has 0 unspecified atom stereocenters. The Kier molecular flexibility index (Phi) is 6.75. The highest BCUT2D eigenvalue weighted by molar-refractivity contribution is 6.16. The quantitative estimate of drug-likeness (QED) is 0.169. The second kappa shape index (κ2) is 12.1. The van der Waals surface area contributed by atoms with Gasteiger partial charge >= 0.3 is 0 Å². The first-order chi connectivity index (χ1) is 26.8. The van der Waals surface area contributed by atoms with Gasteiger partial charge in [-0.3, -0.25) is 8.97 Å². The van der Waals surface area contributed by atoms with E-state index in [2.05, 4.69) is 161 Å². The first-order valence-corrected chi connectivity index (χ1v) is 18.1. The molecule has 4 aromatic heterocycles. The summed E-state index contributed by atoms with van der Waals surface area (Å²) in [4.78, 5) is 21.2. The lowest BCUT2D eigenvalue weighted by atomic mass is 9.96. The minimum atomic E-state index is 0.524. The normalized spacial score (nSPS) is 11.7. The molecule has 0 bridgehead atoms. The van der Waals surface area contributed by atoms with Crippen LogP contribution >= 0.6 is 0 Å². The number of hydrogen-bond donors (Lipinski definition) is 0. The van der Waals surface area contributed by atoms with Gasteiger partial charge in [-0.05, 0) is 58.0 Å². The third-order valence-electron chi connectivity index (χ3n) is 10.3. The van der Waals surface area contributed by atoms with E-state index in [4.69, 9.17) is 19.9 Å². The molecule has 0 spiro atoms. The second-order valence-corrected chi connectivity index (χ2v) is 13.5. The summed E-state index contributed by atoms with van der Waals surface area (Å²) >= 11 is 0. The van der Waals surface area contributed by atoms with Crippen molar-refractivity contribution >= 4 is 49.4 Å². The van der Waals surface area contributed by atoms with Gasteiger partial charge in [0.05, 0.1) is 11.0 Å². The van der Waals surface area contributed by atoms with E-state index < -0.39 is 0 Å². The van der Waals surface area contributed by atoms with E-state index in [0.717, 1.165) is 77.4 Å². The second-order valence-electron chi connectivity index (χ2n) is 13.5. The van der Waals surface area contributed by atoms with Gasteiger partial charge < -0.3 is 0 Å². The van der Waals surface area contributed by atoms with Gasteiger partial charge in [0, 0.05) is 27.3 Å². The molecule has 252 valence electrons. The standard InChI is InChI=1S/C48H30N6/c1-4-16-31(17-5-1)34-28-35(32-18-6-2-7-19-32)30-36(29-34)45-50-44(33-20-8-3-9-21-33)51-48(52-45)54-42-27-15-13-25-40(42)43-47(54)53-41-26-14-12-23-38(41)37-22-10-11-24-39(37)46(53)49-43/h1-30H. The Balaban J connectivity index is 1.26. The molecule has 0 radical (unpaired) electrons. The maximum Gasteiger partial charge on any atom is 0.240 e. The summed E-state index contributed by atoms with van der Waals surface area (Å²) in [5.74, 6) is 1.70. The van der Waals surface area contributed by atoms with Crippen molar-refractivity contribution in [1.29, 1.82) is 0 Å². The van der Waals surface area contributed by atoms with Crippen LogP contribution in [0.15, 0.2) is 182 Å². The summed E-state index contributed by atoms with van der Waals surface area (Å²) < 4.78 is 4.45. The minimum absolute atomic E-state index is 0.524. The van der Waals surface area contributed by atoms with Gasteiger partial charge in [0.2, 0.25) is 5.95 Å². The van der Waals surface area contributed by atoms with Crippen LogP contribution in [0.4, 0.5) is 0 Å². The average Bonchev–Trinajstić information content (AvgIpc) is 3.80. The minimum Gasteiger partial charge on any atom is -0.277 e. The zero-order chi connectivity index (χ0) is 35.6. The Morgan fingerprint density at radius 2 is 0.815 bits per heavy atom. The molecule has 0 aliphatic heterocycles. The summed E-state index contributed by atoms with van der Waals surface area (Å²) in [5.41, 5.74) is 11.0. The maximum absolute atomic E-state index is 5.39. The molecule has 0 amide bonds. The van der Waals surface area contributed by atoms with Crippen LogP contribution in [-0.2, 0) is 0 Å². The maximum atomic E-state index is 5.39. The molecule has 0 N–H and O–H groups in total. The number of para-hydroxylation sites is 2. The Bertz CT molecular complexity index is 3140. The molecule has 0 aliphatic carbocycles. The monoisotopic (exact) mass is 690 g/mol. The molecule has 7 aromatic carbocycles. The zero-order valence-corrected chi connectivity index (χ0v) is 29.0. The molecule has 6 nitrogen and oxygen atoms in total. The molecule has 6 heteroatoms. The highest BCUT2D eigenvalue weighted by atomic mass is 15.2. The van der Waals surface area contributed by atoms with Gasteiger partial charge in [-0.1, -0.05) is 152 Å². The van der Waals surface area contributed by atoms with Gasteiger partial charge in [-0.2, -0.15) is 9.97 Å². The molecule has 4 heterocycles. The van der Waals surface area contributed by atoms with E-state index >= 15 is 0 Å². The first-order valence-electron chi connectivity index (χ1n) is 18.1. The number of benzene rings is 7. The van der Waals surface area contributed by atoms with E-state index in [9.17, 15) is 0 Å². The fourth-order valence-electron chi connectivity index (χ4n) is 7.86. The average molecular weight is 691 g/mol. The summed E-state index contributed by atoms with van der Waals surface area (Å²) in [5, 5.41) is 4.45. The van der Waals surface area contributed by atoms with Crippen LogP contribution in [0.25, 0.3) is 100 Å². The number of imidazole rings is 1. The Hall–Kier alpha value is -7.44. The molecule has 0 fully saturated rings. The van der Waals surface area contributed by atoms with Crippen LogP contribution in [0.5, 0.6) is 0 Å². The van der Waals surface area contributed by atoms with Crippen molar-refractivity contribution in [3.63, 3.8) is 0 Å². The fraction of sp³-hybridized carbons (Fsp3) is 0. The molecule has 0 saturated heterocycles. The molecular weight excluding hydrogens is 661 g/mol. The molecular formula is C48H30N6. The van der Waals surface area contributed by atoms with Crippen molar-refractivity contribution in [2.24, 2.45) is 0 Å². The third-order valence-corrected chi connectivity index (χ3v) is 10.3. The predicted octanol–water partition coefficient (Wildman–Crippen LogP) is 11.6. The Labute approximate surface area is 310 Å². The highest BCUT2D eigenvalue weighted by Gasteiger charge is 2.24. The van der Waals surface area contributed by atoms with Crippen LogP contribution in [0.3, 0.4) is 0 Å². The van der Waals surface area contributed by atoms with Gasteiger partial charge in [0.1, 0.15) is 11.2 Å². The van der Waals surface area contributed by atoms with E-state index in [-0.39, 0.29) is 0 Å². The first kappa shape index (κ1) is 30.2. The van der Waals surface area contributed by atoms with Crippen LogP contribution in [0.2, 0.25) is 0 Å². The SMILES string of the molecule is c1ccc(-c2cc(-c3ccccc3)cc(-c3nc(-c4ccccc4)nc(-n4c5ccccc5c5nc6c7ccccc7c7ccccc7n6c54)n3)c2)cc1. The van der Waals surface area contributed by atoms with E-state index in [1.54, 1.807) is 0 Å². The van der Waals surface area contributed by atoms with Crippen molar-refractivity contribution in [3.8, 4) is 51.0 Å². The van der Waals surface area contributed by atoms with Gasteiger partial charge in [-0.25, -0.2) is 9.97 Å². The van der Waals surface area contributed by atoms with Crippen LogP contribution in [-0.4, -0.2) is 28.9 Å². The summed E-state index contributed by atoms with van der Waals surface area (Å²) in [6, 6.07) is 63.2. The van der Waals surface area contributed by atoms with Crippen LogP contribution in [0, 0.1) is 0 Å². The lowest BCUT2D eigenvalue weighted by molar-refractivity contribution is 0.942. The summed E-state index contributed by atoms with van der Waals surface area (Å²) in [6.07, 6.45) is 0. The molecule has 54 heavy (non-hydrogen) atoms. The van der Waals surface area contributed by atoms with Gasteiger partial charge in [-0.15, -0.1) is 0 Å². The van der Waals surface area contributed by atoms with Crippen molar-refractivity contribution in [2.45, 2.75) is 0 Å². The van der Waals surface area contributed by atoms with Crippen molar-refractivity contribution in [3.05, 3.63) is 182 Å². The Morgan fingerprint density at radius 1 is 0.333 bits per heavy atom.